The van der Waals surface area contributed by atoms with Crippen LogP contribution in [0.25, 0.3) is 10.8 Å². The number of amides is 2. The van der Waals surface area contributed by atoms with E-state index in [9.17, 15) is 23.5 Å². The minimum absolute atomic E-state index is 0.00819. The maximum atomic E-state index is 14.0. The van der Waals surface area contributed by atoms with Gasteiger partial charge in [-0.1, -0.05) is 30.3 Å². The molecule has 0 unspecified atom stereocenters. The Labute approximate surface area is 215 Å². The van der Waals surface area contributed by atoms with Crippen molar-refractivity contribution in [1.82, 2.24) is 9.88 Å². The highest BCUT2D eigenvalue weighted by molar-refractivity contribution is 5.89. The second-order valence-corrected chi connectivity index (χ2v) is 9.74. The first-order valence-electron chi connectivity index (χ1n) is 12.2. The molecule has 1 aromatic heterocycles. The van der Waals surface area contributed by atoms with Gasteiger partial charge in [-0.2, -0.15) is 0 Å². The summed E-state index contributed by atoms with van der Waals surface area (Å²) in [7, 11) is 1.60. The molecule has 2 aromatic carbocycles. The number of halogens is 2. The molecule has 198 valence electrons. The van der Waals surface area contributed by atoms with Crippen LogP contribution in [0.1, 0.15) is 45.1 Å². The number of nitrogens with one attached hydrogen (secondary N) is 1. The Morgan fingerprint density at radius 1 is 1.14 bits per heavy atom. The van der Waals surface area contributed by atoms with Crippen molar-refractivity contribution in [2.75, 3.05) is 19.0 Å². The summed E-state index contributed by atoms with van der Waals surface area (Å²) in [5.74, 6) is -1.30. The molecule has 9 heteroatoms. The number of pyridine rings is 1. The van der Waals surface area contributed by atoms with Crippen molar-refractivity contribution in [1.29, 1.82) is 0 Å². The van der Waals surface area contributed by atoms with Crippen molar-refractivity contribution in [3.63, 3.8) is 0 Å². The average molecular weight is 514 g/mol. The van der Waals surface area contributed by atoms with Crippen LogP contribution >= 0.6 is 0 Å². The number of hydrogen-bond donors (Lipinski definition) is 2. The number of anilines is 1. The number of ether oxygens (including phenoxy) is 1. The van der Waals surface area contributed by atoms with Crippen LogP contribution in [0.5, 0.6) is 0 Å². The van der Waals surface area contributed by atoms with Crippen LogP contribution in [-0.2, 0) is 16.0 Å². The molecule has 1 atom stereocenters. The first-order chi connectivity index (χ1) is 17.5. The van der Waals surface area contributed by atoms with Gasteiger partial charge in [-0.25, -0.2) is 18.6 Å². The standard InChI is InChI=1S/C28H33F2N3O4/c1-28(2,36)14-6-9-23(33(3)26(34)13-11-19-10-12-22(29)16-24(19)30)18-37-27(35)32-25-15-20-7-4-5-8-21(20)17-31-25/h4-5,7-8,10,12,15-17,23,36H,6,9,11,13-14,18H2,1-3H3,(H,31,32,35)/t23-/m0/s1. The largest absolute Gasteiger partial charge is 0.447 e. The van der Waals surface area contributed by atoms with Gasteiger partial charge in [-0.05, 0) is 62.6 Å². The molecule has 0 saturated carbocycles. The van der Waals surface area contributed by atoms with Gasteiger partial charge in [0.2, 0.25) is 5.91 Å². The Morgan fingerprint density at radius 2 is 1.86 bits per heavy atom. The van der Waals surface area contributed by atoms with E-state index in [-0.39, 0.29) is 30.9 Å². The summed E-state index contributed by atoms with van der Waals surface area (Å²) in [6, 6.07) is 12.2. The Balaban J connectivity index is 1.60. The fourth-order valence-electron chi connectivity index (χ4n) is 3.97. The number of nitrogens with zero attached hydrogens (tertiary/aromatic N) is 2. The van der Waals surface area contributed by atoms with Crippen molar-refractivity contribution in [2.24, 2.45) is 0 Å². The highest BCUT2D eigenvalue weighted by atomic mass is 19.1. The van der Waals surface area contributed by atoms with Crippen LogP contribution in [0.15, 0.2) is 54.7 Å². The van der Waals surface area contributed by atoms with E-state index in [0.29, 0.717) is 25.1 Å². The fourth-order valence-corrected chi connectivity index (χ4v) is 3.97. The summed E-state index contributed by atoms with van der Waals surface area (Å²) in [4.78, 5) is 31.0. The number of likely N-dealkylation sites (N-methyl/N-ethyl adjacent to an activating group) is 1. The lowest BCUT2D eigenvalue weighted by molar-refractivity contribution is -0.133. The van der Waals surface area contributed by atoms with E-state index in [0.717, 1.165) is 22.9 Å². The molecule has 0 fully saturated rings. The molecule has 0 aliphatic heterocycles. The third-order valence-electron chi connectivity index (χ3n) is 6.16. The number of aryl methyl sites for hydroxylation is 1. The molecule has 3 rings (SSSR count). The zero-order valence-corrected chi connectivity index (χ0v) is 21.3. The predicted octanol–water partition coefficient (Wildman–Crippen LogP) is 5.46. The lowest BCUT2D eigenvalue weighted by Gasteiger charge is -2.29. The van der Waals surface area contributed by atoms with Crippen LogP contribution < -0.4 is 5.32 Å². The molecule has 0 aliphatic rings. The van der Waals surface area contributed by atoms with Crippen molar-refractivity contribution in [2.45, 2.75) is 57.6 Å². The van der Waals surface area contributed by atoms with Gasteiger partial charge < -0.3 is 14.7 Å². The fraction of sp³-hybridized carbons (Fsp3) is 0.393. The quantitative estimate of drug-likeness (QED) is 0.355. The van der Waals surface area contributed by atoms with Crippen LogP contribution in [0.4, 0.5) is 19.4 Å². The van der Waals surface area contributed by atoms with E-state index in [1.165, 1.54) is 11.0 Å². The Bertz CT molecular complexity index is 1230. The third kappa shape index (κ3) is 8.78. The summed E-state index contributed by atoms with van der Waals surface area (Å²) in [6.07, 6.45) is 2.65. The van der Waals surface area contributed by atoms with Gasteiger partial charge in [0.05, 0.1) is 11.6 Å². The maximum absolute atomic E-state index is 14.0. The van der Waals surface area contributed by atoms with E-state index in [2.05, 4.69) is 10.3 Å². The smallest absolute Gasteiger partial charge is 0.412 e. The zero-order valence-electron chi connectivity index (χ0n) is 21.3. The summed E-state index contributed by atoms with van der Waals surface area (Å²) in [5.41, 5.74) is -0.618. The van der Waals surface area contributed by atoms with Crippen LogP contribution in [-0.4, -0.2) is 52.3 Å². The summed E-state index contributed by atoms with van der Waals surface area (Å²) in [5, 5.41) is 14.5. The minimum Gasteiger partial charge on any atom is -0.447 e. The van der Waals surface area contributed by atoms with Gasteiger partial charge in [0.15, 0.2) is 0 Å². The summed E-state index contributed by atoms with van der Waals surface area (Å²) < 4.78 is 32.5. The van der Waals surface area contributed by atoms with Crippen molar-refractivity contribution in [3.05, 3.63) is 71.9 Å². The van der Waals surface area contributed by atoms with Crippen molar-refractivity contribution in [3.8, 4) is 0 Å². The first kappa shape index (κ1) is 28.0. The normalized spacial score (nSPS) is 12.3. The molecule has 0 saturated heterocycles. The number of aromatic nitrogens is 1. The van der Waals surface area contributed by atoms with Gasteiger partial charge in [0.1, 0.15) is 24.1 Å². The number of hydrogen-bond acceptors (Lipinski definition) is 5. The number of carbonyl (C=O) groups excluding carboxylic acids is 2. The number of carbonyl (C=O) groups is 2. The molecule has 2 amide bonds. The van der Waals surface area contributed by atoms with E-state index in [4.69, 9.17) is 4.74 Å². The topological polar surface area (TPSA) is 91.8 Å². The van der Waals surface area contributed by atoms with Crippen LogP contribution in [0.3, 0.4) is 0 Å². The SMILES string of the molecule is CN(C(=O)CCc1ccc(F)cc1F)[C@@H](CCCC(C)(C)O)COC(=O)Nc1cc2ccccc2cn1. The molecule has 37 heavy (non-hydrogen) atoms. The molecule has 0 bridgehead atoms. The van der Waals surface area contributed by atoms with Crippen molar-refractivity contribution < 1.29 is 28.2 Å². The molecule has 1 heterocycles. The number of fused-ring (bicyclic) bond motifs is 1. The lowest BCUT2D eigenvalue weighted by Crippen LogP contribution is -2.41. The van der Waals surface area contributed by atoms with Gasteiger partial charge in [0.25, 0.3) is 0 Å². The van der Waals surface area contributed by atoms with Crippen LogP contribution in [0, 0.1) is 11.6 Å². The highest BCUT2D eigenvalue weighted by Gasteiger charge is 2.23. The Kier molecular flexibility index (Phi) is 9.52. The molecule has 0 aliphatic carbocycles. The maximum Gasteiger partial charge on any atom is 0.412 e. The molecule has 2 N–H and O–H groups in total. The molecule has 7 nitrogen and oxygen atoms in total. The molecular formula is C28H33F2N3O4. The van der Waals surface area contributed by atoms with Gasteiger partial charge in [0, 0.05) is 31.1 Å². The third-order valence-corrected chi connectivity index (χ3v) is 6.16. The minimum atomic E-state index is -0.868. The molecule has 3 aromatic rings. The average Bonchev–Trinajstić information content (AvgIpc) is 2.84. The second kappa shape index (κ2) is 12.6. The first-order valence-corrected chi connectivity index (χ1v) is 12.2. The van der Waals surface area contributed by atoms with Gasteiger partial charge >= 0.3 is 6.09 Å². The summed E-state index contributed by atoms with van der Waals surface area (Å²) >= 11 is 0. The summed E-state index contributed by atoms with van der Waals surface area (Å²) in [6.45, 7) is 3.33. The van der Waals surface area contributed by atoms with E-state index in [1.54, 1.807) is 33.2 Å². The van der Waals surface area contributed by atoms with E-state index >= 15 is 0 Å². The molecular weight excluding hydrogens is 480 g/mol. The number of rotatable bonds is 11. The molecule has 0 spiro atoms. The van der Waals surface area contributed by atoms with E-state index in [1.807, 2.05) is 24.3 Å². The lowest BCUT2D eigenvalue weighted by atomic mass is 9.99. The number of benzene rings is 2. The highest BCUT2D eigenvalue weighted by Crippen LogP contribution is 2.19. The second-order valence-electron chi connectivity index (χ2n) is 9.74. The Hall–Kier alpha value is -3.59. The monoisotopic (exact) mass is 513 g/mol. The van der Waals surface area contributed by atoms with Crippen LogP contribution in [0.2, 0.25) is 0 Å². The van der Waals surface area contributed by atoms with Gasteiger partial charge in [-0.15, -0.1) is 0 Å². The zero-order chi connectivity index (χ0) is 27.0. The molecule has 0 radical (unpaired) electrons. The van der Waals surface area contributed by atoms with Gasteiger partial charge in [-0.3, -0.25) is 10.1 Å². The predicted molar refractivity (Wildman–Crippen MR) is 138 cm³/mol. The van der Waals surface area contributed by atoms with Crippen molar-refractivity contribution >= 4 is 28.6 Å². The van der Waals surface area contributed by atoms with E-state index < -0.39 is 29.4 Å². The number of aliphatic hydroxyl groups is 1. The Morgan fingerprint density at radius 3 is 2.57 bits per heavy atom.